The Labute approximate surface area is 165 Å². The highest BCUT2D eigenvalue weighted by Crippen LogP contribution is 2.55. The fraction of sp³-hybridized carbons (Fsp3) is 0.217. The van der Waals surface area contributed by atoms with Crippen LogP contribution in [0.5, 0.6) is 0 Å². The molecule has 0 aromatic heterocycles. The van der Waals surface area contributed by atoms with Crippen LogP contribution in [0.25, 0.3) is 11.1 Å². The topological polar surface area (TPSA) is 0 Å². The van der Waals surface area contributed by atoms with Crippen LogP contribution in [-0.4, -0.2) is 0 Å². The van der Waals surface area contributed by atoms with Crippen LogP contribution < -0.4 is 0 Å². The van der Waals surface area contributed by atoms with Crippen molar-refractivity contribution in [3.05, 3.63) is 94.0 Å². The van der Waals surface area contributed by atoms with E-state index in [9.17, 15) is 0 Å². The van der Waals surface area contributed by atoms with Gasteiger partial charge in [0, 0.05) is 16.1 Å². The molecule has 5 rings (SSSR count). The predicted octanol–water partition coefficient (Wildman–Crippen LogP) is 6.54. The van der Waals surface area contributed by atoms with Gasteiger partial charge in [-0.15, -0.1) is 0 Å². The van der Waals surface area contributed by atoms with Gasteiger partial charge >= 0.3 is 0 Å². The van der Waals surface area contributed by atoms with E-state index in [0.29, 0.717) is 0 Å². The summed E-state index contributed by atoms with van der Waals surface area (Å²) in [6.45, 7) is 0. The number of alkyl halides is 2. The van der Waals surface area contributed by atoms with Crippen molar-refractivity contribution in [1.82, 2.24) is 0 Å². The molecule has 0 saturated carbocycles. The summed E-state index contributed by atoms with van der Waals surface area (Å²) >= 11 is 7.33. The van der Waals surface area contributed by atoms with Crippen molar-refractivity contribution in [3.63, 3.8) is 0 Å². The lowest BCUT2D eigenvalue weighted by Crippen LogP contribution is -2.25. The van der Waals surface area contributed by atoms with Gasteiger partial charge in [-0.1, -0.05) is 92.5 Å². The summed E-state index contributed by atoms with van der Waals surface area (Å²) in [6, 6.07) is 22.9. The van der Waals surface area contributed by atoms with E-state index in [-0.39, 0.29) is 5.41 Å². The Bertz CT molecular complexity index is 907. The second kappa shape index (κ2) is 5.82. The summed E-state index contributed by atoms with van der Waals surface area (Å²) in [5.41, 5.74) is 11.8. The second-order valence-corrected chi connectivity index (χ2v) is 8.31. The fourth-order valence-corrected chi connectivity index (χ4v) is 5.92. The third-order valence-electron chi connectivity index (χ3n) is 5.97. The summed E-state index contributed by atoms with van der Waals surface area (Å²) < 4.78 is 0. The molecule has 1 spiro atoms. The summed E-state index contributed by atoms with van der Waals surface area (Å²) in [6.07, 6.45) is 2.22. The molecule has 3 aromatic carbocycles. The maximum absolute atomic E-state index is 3.66. The standard InChI is InChI=1S/C23H18Br2/c24-13-17-9-15-11-23(12-16(15)10-18(17)14-25)21-7-3-1-5-19(21)20-6-2-4-8-22(20)23/h1-10H,11-14H2. The van der Waals surface area contributed by atoms with Gasteiger partial charge in [-0.05, 0) is 57.3 Å². The maximum Gasteiger partial charge on any atom is 0.0295 e. The molecule has 0 radical (unpaired) electrons. The molecule has 25 heavy (non-hydrogen) atoms. The van der Waals surface area contributed by atoms with Gasteiger partial charge in [-0.2, -0.15) is 0 Å². The normalized spacial score (nSPS) is 15.9. The zero-order valence-corrected chi connectivity index (χ0v) is 17.0. The summed E-state index contributed by atoms with van der Waals surface area (Å²) in [7, 11) is 0. The number of hydrogen-bond acceptors (Lipinski definition) is 0. The minimum absolute atomic E-state index is 0.115. The lowest BCUT2D eigenvalue weighted by molar-refractivity contribution is 0.563. The van der Waals surface area contributed by atoms with Gasteiger partial charge in [0.25, 0.3) is 0 Å². The molecule has 0 bridgehead atoms. The quantitative estimate of drug-likeness (QED) is 0.386. The molecule has 124 valence electrons. The predicted molar refractivity (Wildman–Crippen MR) is 112 cm³/mol. The molecule has 2 heteroatoms. The Balaban J connectivity index is 1.73. The van der Waals surface area contributed by atoms with Gasteiger partial charge in [-0.3, -0.25) is 0 Å². The highest BCUT2D eigenvalue weighted by Gasteiger charge is 2.46. The maximum atomic E-state index is 3.66. The molecule has 0 N–H and O–H groups in total. The van der Waals surface area contributed by atoms with Crippen molar-refractivity contribution >= 4 is 31.9 Å². The molecular formula is C23H18Br2. The van der Waals surface area contributed by atoms with Crippen LogP contribution in [0.2, 0.25) is 0 Å². The molecule has 0 unspecified atom stereocenters. The first-order valence-electron chi connectivity index (χ1n) is 8.72. The second-order valence-electron chi connectivity index (χ2n) is 7.18. The molecule has 3 aromatic rings. The summed E-state index contributed by atoms with van der Waals surface area (Å²) in [5, 5.41) is 1.84. The molecular weight excluding hydrogens is 436 g/mol. The molecule has 2 aliphatic carbocycles. The Hall–Kier alpha value is -1.38. The van der Waals surface area contributed by atoms with Gasteiger partial charge in [0.05, 0.1) is 0 Å². The van der Waals surface area contributed by atoms with Gasteiger partial charge in [0.1, 0.15) is 0 Å². The zero-order valence-electron chi connectivity index (χ0n) is 13.9. The largest absolute Gasteiger partial charge is 0.0876 e. The fourth-order valence-electron chi connectivity index (χ4n) is 4.88. The SMILES string of the molecule is BrCc1cc2c(cc1CBr)CC1(C2)c2ccccc2-c2ccccc21. The van der Waals surface area contributed by atoms with E-state index < -0.39 is 0 Å². The van der Waals surface area contributed by atoms with Crippen LogP contribution >= 0.6 is 31.9 Å². The lowest BCUT2D eigenvalue weighted by Gasteiger charge is -2.26. The van der Waals surface area contributed by atoms with Crippen LogP contribution in [0.15, 0.2) is 60.7 Å². The Kier molecular flexibility index (Phi) is 3.69. The van der Waals surface area contributed by atoms with E-state index >= 15 is 0 Å². The molecule has 0 aliphatic heterocycles. The number of rotatable bonds is 2. The van der Waals surface area contributed by atoms with Crippen molar-refractivity contribution in [1.29, 1.82) is 0 Å². The average Bonchev–Trinajstić information content (AvgIpc) is 3.17. The van der Waals surface area contributed by atoms with Crippen LogP contribution in [0, 0.1) is 0 Å². The van der Waals surface area contributed by atoms with Crippen LogP contribution in [-0.2, 0) is 28.9 Å². The first-order chi connectivity index (χ1) is 12.3. The summed E-state index contributed by atoms with van der Waals surface area (Å²) in [5.74, 6) is 0. The molecule has 2 aliphatic rings. The molecule has 0 heterocycles. The van der Waals surface area contributed by atoms with Crippen molar-refractivity contribution < 1.29 is 0 Å². The van der Waals surface area contributed by atoms with E-state index in [2.05, 4.69) is 92.5 Å². The van der Waals surface area contributed by atoms with E-state index in [1.165, 1.54) is 44.5 Å². The highest BCUT2D eigenvalue weighted by molar-refractivity contribution is 9.09. The van der Waals surface area contributed by atoms with Crippen molar-refractivity contribution in [2.24, 2.45) is 0 Å². The van der Waals surface area contributed by atoms with E-state index in [0.717, 1.165) is 23.5 Å². The molecule has 0 atom stereocenters. The van der Waals surface area contributed by atoms with Crippen molar-refractivity contribution in [2.45, 2.75) is 28.9 Å². The van der Waals surface area contributed by atoms with Gasteiger partial charge in [0.2, 0.25) is 0 Å². The van der Waals surface area contributed by atoms with Gasteiger partial charge in [0.15, 0.2) is 0 Å². The van der Waals surface area contributed by atoms with Crippen LogP contribution in [0.3, 0.4) is 0 Å². The monoisotopic (exact) mass is 452 g/mol. The van der Waals surface area contributed by atoms with Crippen molar-refractivity contribution in [3.8, 4) is 11.1 Å². The Morgan fingerprint density at radius 3 is 1.56 bits per heavy atom. The lowest BCUT2D eigenvalue weighted by atomic mass is 9.76. The number of benzene rings is 3. The molecule has 0 fully saturated rings. The Morgan fingerprint density at radius 2 is 1.12 bits per heavy atom. The van der Waals surface area contributed by atoms with Crippen LogP contribution in [0.1, 0.15) is 33.4 Å². The van der Waals surface area contributed by atoms with E-state index in [1.807, 2.05) is 0 Å². The molecule has 0 saturated heterocycles. The van der Waals surface area contributed by atoms with E-state index in [4.69, 9.17) is 0 Å². The Morgan fingerprint density at radius 1 is 0.680 bits per heavy atom. The highest BCUT2D eigenvalue weighted by atomic mass is 79.9. The van der Waals surface area contributed by atoms with Crippen molar-refractivity contribution in [2.75, 3.05) is 0 Å². The third kappa shape index (κ3) is 2.17. The zero-order chi connectivity index (χ0) is 17.0. The van der Waals surface area contributed by atoms with Crippen LogP contribution in [0.4, 0.5) is 0 Å². The third-order valence-corrected chi connectivity index (χ3v) is 7.18. The minimum atomic E-state index is 0.115. The number of hydrogen-bond donors (Lipinski definition) is 0. The first-order valence-corrected chi connectivity index (χ1v) is 11.0. The smallest absolute Gasteiger partial charge is 0.0295 e. The molecule has 0 nitrogen and oxygen atoms in total. The van der Waals surface area contributed by atoms with E-state index in [1.54, 1.807) is 0 Å². The number of fused-ring (bicyclic) bond motifs is 6. The van der Waals surface area contributed by atoms with Gasteiger partial charge in [-0.25, -0.2) is 0 Å². The minimum Gasteiger partial charge on any atom is -0.0876 e. The first kappa shape index (κ1) is 15.8. The van der Waals surface area contributed by atoms with Gasteiger partial charge < -0.3 is 0 Å². The number of halogens is 2. The summed E-state index contributed by atoms with van der Waals surface area (Å²) in [4.78, 5) is 0. The molecule has 0 amide bonds. The average molecular weight is 454 g/mol.